The number of rotatable bonds is 1. The first-order valence-corrected chi connectivity index (χ1v) is 7.88. The van der Waals surface area contributed by atoms with Crippen LogP contribution in [0.15, 0.2) is 35.2 Å². The third kappa shape index (κ3) is 1.90. The Morgan fingerprint density at radius 2 is 1.81 bits per heavy atom. The van der Waals surface area contributed by atoms with E-state index in [1.807, 2.05) is 6.07 Å². The summed E-state index contributed by atoms with van der Waals surface area (Å²) in [6.07, 6.45) is 1.03. The van der Waals surface area contributed by atoms with Gasteiger partial charge in [-0.25, -0.2) is 8.42 Å². The van der Waals surface area contributed by atoms with Crippen LogP contribution < -0.4 is 0 Å². The molecule has 0 saturated heterocycles. The molecule has 2 aromatic rings. The van der Waals surface area contributed by atoms with E-state index in [0.717, 1.165) is 12.3 Å². The Morgan fingerprint density at radius 3 is 2.43 bits per heavy atom. The zero-order chi connectivity index (χ0) is 15.4. The number of aromatic hydroxyl groups is 1. The van der Waals surface area contributed by atoms with Crippen LogP contribution in [0.3, 0.4) is 0 Å². The van der Waals surface area contributed by atoms with Gasteiger partial charge in [0, 0.05) is 11.8 Å². The number of nitrogens with zero attached hydrogens (tertiary/aromatic N) is 1. The number of hydrogen-bond acceptors (Lipinski definition) is 5. The molecule has 0 saturated carbocycles. The monoisotopic (exact) mass is 299 g/mol. The van der Waals surface area contributed by atoms with Crippen molar-refractivity contribution < 1.29 is 18.3 Å². The molecule has 0 aromatic heterocycles. The highest BCUT2D eigenvalue weighted by Gasteiger charge is 2.31. The van der Waals surface area contributed by atoms with Crippen molar-refractivity contribution in [2.24, 2.45) is 0 Å². The van der Waals surface area contributed by atoms with Gasteiger partial charge < -0.3 is 5.11 Å². The van der Waals surface area contributed by atoms with Gasteiger partial charge in [0.05, 0.1) is 22.1 Å². The van der Waals surface area contributed by atoms with Crippen molar-refractivity contribution in [2.45, 2.75) is 4.90 Å². The second-order valence-electron chi connectivity index (χ2n) is 4.84. The number of carbonyl (C=O) groups excluding carboxylic acids is 1. The summed E-state index contributed by atoms with van der Waals surface area (Å²) >= 11 is 0. The number of nitriles is 1. The lowest BCUT2D eigenvalue weighted by Gasteiger charge is -2.06. The van der Waals surface area contributed by atoms with Crippen molar-refractivity contribution in [1.29, 1.82) is 5.26 Å². The summed E-state index contributed by atoms with van der Waals surface area (Å²) in [6, 6.07) is 8.94. The van der Waals surface area contributed by atoms with E-state index in [4.69, 9.17) is 5.26 Å². The first-order valence-electron chi connectivity index (χ1n) is 5.99. The maximum atomic E-state index is 12.3. The Labute approximate surface area is 121 Å². The van der Waals surface area contributed by atoms with E-state index in [0.29, 0.717) is 22.3 Å². The van der Waals surface area contributed by atoms with Gasteiger partial charge in [0.15, 0.2) is 15.6 Å². The Bertz CT molecular complexity index is 952. The van der Waals surface area contributed by atoms with Gasteiger partial charge in [-0.3, -0.25) is 4.79 Å². The fourth-order valence-electron chi connectivity index (χ4n) is 2.44. The molecule has 0 bridgehead atoms. The lowest BCUT2D eigenvalue weighted by molar-refractivity contribution is 0.104. The number of fused-ring (bicyclic) bond motifs is 3. The van der Waals surface area contributed by atoms with E-state index >= 15 is 0 Å². The van der Waals surface area contributed by atoms with Crippen LogP contribution in [0.2, 0.25) is 0 Å². The molecule has 0 unspecified atom stereocenters. The molecule has 104 valence electrons. The van der Waals surface area contributed by atoms with E-state index in [9.17, 15) is 18.3 Å². The highest BCUT2D eigenvalue weighted by Crippen LogP contribution is 2.42. The zero-order valence-electron chi connectivity index (χ0n) is 10.9. The summed E-state index contributed by atoms with van der Waals surface area (Å²) in [4.78, 5) is 12.2. The SMILES string of the molecule is CS(=O)(=O)c1cc(O)c2c(c1)-c1cc(C#N)ccc1C2=O. The van der Waals surface area contributed by atoms with Crippen LogP contribution in [0.5, 0.6) is 5.75 Å². The lowest BCUT2D eigenvalue weighted by Crippen LogP contribution is -2.00. The van der Waals surface area contributed by atoms with Crippen LogP contribution in [-0.2, 0) is 9.84 Å². The minimum Gasteiger partial charge on any atom is -0.507 e. The average Bonchev–Trinajstić information content (AvgIpc) is 2.71. The molecule has 1 aliphatic carbocycles. The van der Waals surface area contributed by atoms with Crippen LogP contribution in [-0.4, -0.2) is 25.6 Å². The predicted molar refractivity (Wildman–Crippen MR) is 74.8 cm³/mol. The zero-order valence-corrected chi connectivity index (χ0v) is 11.7. The number of phenols is 1. The van der Waals surface area contributed by atoms with Crippen molar-refractivity contribution in [2.75, 3.05) is 6.26 Å². The molecule has 0 aliphatic heterocycles. The van der Waals surface area contributed by atoms with Crippen molar-refractivity contribution in [3.05, 3.63) is 47.0 Å². The number of carbonyl (C=O) groups is 1. The van der Waals surface area contributed by atoms with E-state index in [1.54, 1.807) is 0 Å². The summed E-state index contributed by atoms with van der Waals surface area (Å²) < 4.78 is 23.3. The Morgan fingerprint density at radius 1 is 1.10 bits per heavy atom. The fourth-order valence-corrected chi connectivity index (χ4v) is 3.09. The fraction of sp³-hybridized carbons (Fsp3) is 0.0667. The van der Waals surface area contributed by atoms with Crippen LogP contribution in [0, 0.1) is 11.3 Å². The van der Waals surface area contributed by atoms with E-state index < -0.39 is 9.84 Å². The normalized spacial score (nSPS) is 12.7. The molecular formula is C15H9NO4S. The highest BCUT2D eigenvalue weighted by molar-refractivity contribution is 7.90. The largest absolute Gasteiger partial charge is 0.507 e. The number of benzene rings is 2. The lowest BCUT2D eigenvalue weighted by atomic mass is 10.0. The molecule has 0 atom stereocenters. The van der Waals surface area contributed by atoms with Crippen molar-refractivity contribution >= 4 is 15.6 Å². The van der Waals surface area contributed by atoms with Gasteiger partial charge in [0.25, 0.3) is 0 Å². The third-order valence-electron chi connectivity index (χ3n) is 3.43. The Hall–Kier alpha value is -2.65. The van der Waals surface area contributed by atoms with Gasteiger partial charge in [0.1, 0.15) is 5.75 Å². The molecule has 1 aliphatic rings. The summed E-state index contributed by atoms with van der Waals surface area (Å²) in [5.41, 5.74) is 1.60. The molecule has 21 heavy (non-hydrogen) atoms. The first-order chi connectivity index (χ1) is 9.82. The third-order valence-corrected chi connectivity index (χ3v) is 4.52. The maximum absolute atomic E-state index is 12.3. The average molecular weight is 299 g/mol. The Kier molecular flexibility index (Phi) is 2.65. The number of hydrogen-bond donors (Lipinski definition) is 1. The van der Waals surface area contributed by atoms with E-state index in [1.165, 1.54) is 24.3 Å². The molecule has 3 rings (SSSR count). The molecule has 0 fully saturated rings. The molecule has 0 heterocycles. The van der Waals surface area contributed by atoms with Gasteiger partial charge in [-0.05, 0) is 41.5 Å². The molecule has 6 heteroatoms. The molecular weight excluding hydrogens is 290 g/mol. The van der Waals surface area contributed by atoms with E-state index in [2.05, 4.69) is 0 Å². The summed E-state index contributed by atoms with van der Waals surface area (Å²) in [6.45, 7) is 0. The second-order valence-corrected chi connectivity index (χ2v) is 6.85. The van der Waals surface area contributed by atoms with Crippen LogP contribution >= 0.6 is 0 Å². The molecule has 5 nitrogen and oxygen atoms in total. The minimum absolute atomic E-state index is 0.0678. The van der Waals surface area contributed by atoms with Crippen molar-refractivity contribution in [3.8, 4) is 22.9 Å². The van der Waals surface area contributed by atoms with Crippen molar-refractivity contribution in [1.82, 2.24) is 0 Å². The van der Waals surface area contributed by atoms with Crippen LogP contribution in [0.1, 0.15) is 21.5 Å². The Balaban J connectivity index is 2.39. The standard InChI is InChI=1S/C15H9NO4S/c1-21(19,20)9-5-12-11-4-8(7-16)2-3-10(11)15(18)14(12)13(17)6-9/h2-6,17H,1H3. The van der Waals surface area contributed by atoms with E-state index in [-0.39, 0.29) is 22.0 Å². The number of sulfone groups is 1. The minimum atomic E-state index is -3.52. The summed E-state index contributed by atoms with van der Waals surface area (Å²) in [5.74, 6) is -0.741. The predicted octanol–water partition coefficient (Wildman–Crippen LogP) is 1.88. The number of ketones is 1. The quantitative estimate of drug-likeness (QED) is 0.740. The first kappa shape index (κ1) is 13.3. The van der Waals surface area contributed by atoms with Gasteiger partial charge in [0.2, 0.25) is 0 Å². The smallest absolute Gasteiger partial charge is 0.198 e. The second kappa shape index (κ2) is 4.17. The summed E-state index contributed by atoms with van der Waals surface area (Å²) in [7, 11) is -3.52. The number of phenolic OH excluding ortho intramolecular Hbond substituents is 1. The van der Waals surface area contributed by atoms with Gasteiger partial charge in [-0.15, -0.1) is 0 Å². The molecule has 2 aromatic carbocycles. The maximum Gasteiger partial charge on any atom is 0.198 e. The topological polar surface area (TPSA) is 95.2 Å². The molecule has 0 radical (unpaired) electrons. The molecule has 0 amide bonds. The molecule has 0 spiro atoms. The van der Waals surface area contributed by atoms with Gasteiger partial charge >= 0.3 is 0 Å². The van der Waals surface area contributed by atoms with Crippen LogP contribution in [0.25, 0.3) is 11.1 Å². The van der Waals surface area contributed by atoms with Crippen molar-refractivity contribution in [3.63, 3.8) is 0 Å². The molecule has 1 N–H and O–H groups in total. The van der Waals surface area contributed by atoms with Crippen LogP contribution in [0.4, 0.5) is 0 Å². The highest BCUT2D eigenvalue weighted by atomic mass is 32.2. The van der Waals surface area contributed by atoms with Gasteiger partial charge in [-0.1, -0.05) is 0 Å². The van der Waals surface area contributed by atoms with Gasteiger partial charge in [-0.2, -0.15) is 5.26 Å². The summed E-state index contributed by atoms with van der Waals surface area (Å²) in [5, 5.41) is 18.9.